The lowest BCUT2D eigenvalue weighted by Crippen LogP contribution is -2.10. The second-order valence-corrected chi connectivity index (χ2v) is 5.53. The van der Waals surface area contributed by atoms with E-state index in [1.165, 1.54) is 0 Å². The number of nitrogens with zero attached hydrogens (tertiary/aromatic N) is 1. The van der Waals surface area contributed by atoms with Gasteiger partial charge in [-0.2, -0.15) is 0 Å². The molecule has 1 aromatic carbocycles. The van der Waals surface area contributed by atoms with Crippen LogP contribution in [-0.4, -0.2) is 17.8 Å². The molecule has 0 radical (unpaired) electrons. The summed E-state index contributed by atoms with van der Waals surface area (Å²) in [5.74, 6) is 0.317. The van der Waals surface area contributed by atoms with Crippen LogP contribution in [0.4, 0.5) is 0 Å². The van der Waals surface area contributed by atoms with Crippen LogP contribution in [0, 0.1) is 6.92 Å². The highest BCUT2D eigenvalue weighted by molar-refractivity contribution is 6.30. The first-order chi connectivity index (χ1) is 10.6. The molecule has 5 heteroatoms. The number of aryl methyl sites for hydroxylation is 1. The summed E-state index contributed by atoms with van der Waals surface area (Å²) in [4.78, 5) is 17.1. The van der Waals surface area contributed by atoms with Crippen molar-refractivity contribution >= 4 is 23.0 Å². The fourth-order valence-electron chi connectivity index (χ4n) is 2.46. The predicted molar refractivity (Wildman–Crippen MR) is 85.2 cm³/mol. The van der Waals surface area contributed by atoms with Crippen LogP contribution in [0.2, 0.25) is 5.02 Å². The van der Waals surface area contributed by atoms with Gasteiger partial charge in [-0.15, -0.1) is 0 Å². The number of aromatic nitrogens is 1. The number of ether oxygens (including phenoxy) is 1. The molecule has 0 saturated carbocycles. The molecule has 0 spiro atoms. The van der Waals surface area contributed by atoms with Crippen LogP contribution < -0.4 is 5.32 Å². The van der Waals surface area contributed by atoms with Crippen molar-refractivity contribution in [2.45, 2.75) is 13.0 Å². The molecule has 2 aromatic rings. The molecule has 112 valence electrons. The Kier molecular flexibility index (Phi) is 3.86. The zero-order valence-corrected chi connectivity index (χ0v) is 13.0. The molecular formula is C17H15ClN2O2. The fourth-order valence-corrected chi connectivity index (χ4v) is 2.66. The Balaban J connectivity index is 2.01. The minimum Gasteiger partial charge on any atom is -0.462 e. The van der Waals surface area contributed by atoms with E-state index >= 15 is 0 Å². The first kappa shape index (κ1) is 14.6. The average molecular weight is 315 g/mol. The van der Waals surface area contributed by atoms with Gasteiger partial charge in [0.1, 0.15) is 5.57 Å². The minimum absolute atomic E-state index is 0.121. The van der Waals surface area contributed by atoms with Gasteiger partial charge in [-0.1, -0.05) is 23.7 Å². The van der Waals surface area contributed by atoms with Crippen LogP contribution >= 0.6 is 11.6 Å². The molecule has 1 aliphatic rings. The van der Waals surface area contributed by atoms with Gasteiger partial charge in [0.15, 0.2) is 6.10 Å². The molecule has 0 saturated heterocycles. The molecule has 0 amide bonds. The van der Waals surface area contributed by atoms with Gasteiger partial charge in [0.25, 0.3) is 0 Å². The normalized spacial score (nSPS) is 17.6. The number of nitrogens with one attached hydrogen (secondary N) is 1. The zero-order valence-electron chi connectivity index (χ0n) is 12.3. The van der Waals surface area contributed by atoms with E-state index in [9.17, 15) is 4.79 Å². The Morgan fingerprint density at radius 1 is 1.27 bits per heavy atom. The predicted octanol–water partition coefficient (Wildman–Crippen LogP) is 3.27. The summed E-state index contributed by atoms with van der Waals surface area (Å²) in [7, 11) is 1.72. The summed E-state index contributed by atoms with van der Waals surface area (Å²) in [5, 5.41) is 3.51. The molecule has 4 nitrogen and oxygen atoms in total. The third kappa shape index (κ3) is 2.57. The van der Waals surface area contributed by atoms with Gasteiger partial charge in [0, 0.05) is 23.8 Å². The number of benzene rings is 1. The van der Waals surface area contributed by atoms with Gasteiger partial charge in [0.2, 0.25) is 11.7 Å². The Morgan fingerprint density at radius 3 is 2.77 bits per heavy atom. The van der Waals surface area contributed by atoms with Crippen molar-refractivity contribution in [3.8, 4) is 0 Å². The van der Waals surface area contributed by atoms with Crippen LogP contribution in [-0.2, 0) is 9.53 Å². The second-order valence-electron chi connectivity index (χ2n) is 5.09. The van der Waals surface area contributed by atoms with E-state index in [0.29, 0.717) is 22.2 Å². The first-order valence-corrected chi connectivity index (χ1v) is 7.29. The molecule has 2 heterocycles. The van der Waals surface area contributed by atoms with Gasteiger partial charge in [-0.25, -0.2) is 0 Å². The summed E-state index contributed by atoms with van der Waals surface area (Å²) in [6, 6.07) is 10.9. The highest BCUT2D eigenvalue weighted by atomic mass is 35.5. The van der Waals surface area contributed by atoms with E-state index < -0.39 is 6.10 Å². The maximum absolute atomic E-state index is 12.8. The summed E-state index contributed by atoms with van der Waals surface area (Å²) >= 11 is 6.01. The molecule has 0 unspecified atom stereocenters. The van der Waals surface area contributed by atoms with Gasteiger partial charge < -0.3 is 10.1 Å². The van der Waals surface area contributed by atoms with Crippen LogP contribution in [0.15, 0.2) is 48.5 Å². The fraction of sp³-hybridized carbons (Fsp3) is 0.176. The van der Waals surface area contributed by atoms with Crippen molar-refractivity contribution in [3.05, 3.63) is 70.3 Å². The molecule has 0 bridgehead atoms. The first-order valence-electron chi connectivity index (χ1n) is 6.91. The summed E-state index contributed by atoms with van der Waals surface area (Å²) in [5.41, 5.74) is 2.84. The Hall–Kier alpha value is -2.33. The third-order valence-corrected chi connectivity index (χ3v) is 3.73. The standard InChI is InChI=1S/C17H15ClN2O2/c1-10-6-7-20-13(8-10)14-15(21)16(22-17(14)19-2)11-4-3-5-12(18)9-11/h3-9,16,19H,1-2H3/t16-/m0/s1. The molecule has 1 atom stereocenters. The van der Waals surface area contributed by atoms with Crippen molar-refractivity contribution in [2.24, 2.45) is 0 Å². The third-order valence-electron chi connectivity index (χ3n) is 3.50. The van der Waals surface area contributed by atoms with E-state index in [1.807, 2.05) is 25.1 Å². The number of pyridine rings is 1. The van der Waals surface area contributed by atoms with Crippen molar-refractivity contribution < 1.29 is 9.53 Å². The van der Waals surface area contributed by atoms with Crippen molar-refractivity contribution in [2.75, 3.05) is 7.05 Å². The SMILES string of the molecule is CNC1=C(c2cc(C)ccn2)C(=O)[C@H](c2cccc(Cl)c2)O1. The average Bonchev–Trinajstić information content (AvgIpc) is 2.84. The number of carbonyl (C=O) groups excluding carboxylic acids is 1. The van der Waals surface area contributed by atoms with E-state index in [1.54, 1.807) is 31.4 Å². The smallest absolute Gasteiger partial charge is 0.215 e. The monoisotopic (exact) mass is 314 g/mol. The van der Waals surface area contributed by atoms with Gasteiger partial charge in [-0.05, 0) is 36.8 Å². The number of Topliss-reactive ketones (excluding diaryl/α,β-unsaturated/α-hetero) is 1. The number of ketones is 1. The molecule has 1 aromatic heterocycles. The lowest BCUT2D eigenvalue weighted by atomic mass is 9.99. The zero-order chi connectivity index (χ0) is 15.7. The van der Waals surface area contributed by atoms with Crippen LogP contribution in [0.1, 0.15) is 22.9 Å². The highest BCUT2D eigenvalue weighted by Crippen LogP contribution is 2.36. The maximum Gasteiger partial charge on any atom is 0.215 e. The summed E-state index contributed by atoms with van der Waals surface area (Å²) < 4.78 is 5.79. The van der Waals surface area contributed by atoms with Gasteiger partial charge in [-0.3, -0.25) is 9.78 Å². The number of carbonyl (C=O) groups is 1. The number of hydrogen-bond donors (Lipinski definition) is 1. The second kappa shape index (κ2) is 5.81. The Bertz CT molecular complexity index is 771. The topological polar surface area (TPSA) is 51.2 Å². The molecule has 22 heavy (non-hydrogen) atoms. The lowest BCUT2D eigenvalue weighted by Gasteiger charge is -2.11. The van der Waals surface area contributed by atoms with Crippen LogP contribution in [0.3, 0.4) is 0 Å². The van der Waals surface area contributed by atoms with E-state index in [2.05, 4.69) is 10.3 Å². The number of rotatable bonds is 3. The maximum atomic E-state index is 12.8. The quantitative estimate of drug-likeness (QED) is 0.944. The van der Waals surface area contributed by atoms with Crippen molar-refractivity contribution in [1.82, 2.24) is 10.3 Å². The van der Waals surface area contributed by atoms with E-state index in [-0.39, 0.29) is 5.78 Å². The van der Waals surface area contributed by atoms with Crippen LogP contribution in [0.5, 0.6) is 0 Å². The Morgan fingerprint density at radius 2 is 2.09 bits per heavy atom. The van der Waals surface area contributed by atoms with E-state index in [4.69, 9.17) is 16.3 Å². The Labute approximate surface area is 133 Å². The largest absolute Gasteiger partial charge is 0.462 e. The molecule has 0 fully saturated rings. The summed E-state index contributed by atoms with van der Waals surface area (Å²) in [6.07, 6.45) is 0.990. The number of hydrogen-bond acceptors (Lipinski definition) is 4. The summed E-state index contributed by atoms with van der Waals surface area (Å²) in [6.45, 7) is 1.96. The molecule has 1 aliphatic heterocycles. The lowest BCUT2D eigenvalue weighted by molar-refractivity contribution is -0.120. The van der Waals surface area contributed by atoms with Crippen molar-refractivity contribution in [1.29, 1.82) is 0 Å². The molecular weight excluding hydrogens is 300 g/mol. The number of halogens is 1. The molecule has 0 aliphatic carbocycles. The van der Waals surface area contributed by atoms with Crippen LogP contribution in [0.25, 0.3) is 5.57 Å². The molecule has 1 N–H and O–H groups in total. The van der Waals surface area contributed by atoms with Crippen molar-refractivity contribution in [3.63, 3.8) is 0 Å². The van der Waals surface area contributed by atoms with E-state index in [0.717, 1.165) is 11.1 Å². The van der Waals surface area contributed by atoms with Gasteiger partial charge in [0.05, 0.1) is 5.69 Å². The van der Waals surface area contributed by atoms with Gasteiger partial charge >= 0.3 is 0 Å². The highest BCUT2D eigenvalue weighted by Gasteiger charge is 2.37. The molecule has 3 rings (SSSR count). The minimum atomic E-state index is -0.696.